The Labute approximate surface area is 202 Å². The zero-order chi connectivity index (χ0) is 24.2. The van der Waals surface area contributed by atoms with Crippen molar-refractivity contribution >= 4 is 40.7 Å². The van der Waals surface area contributed by atoms with E-state index in [1.165, 1.54) is 6.33 Å². The molecule has 1 aromatic carbocycles. The van der Waals surface area contributed by atoms with Crippen molar-refractivity contribution in [3.8, 4) is 0 Å². The van der Waals surface area contributed by atoms with Crippen LogP contribution in [-0.4, -0.2) is 72.0 Å². The topological polar surface area (TPSA) is 134 Å². The van der Waals surface area contributed by atoms with E-state index in [2.05, 4.69) is 20.2 Å². The third-order valence-corrected chi connectivity index (χ3v) is 6.94. The number of hydrogen-bond donors (Lipinski definition) is 3. The van der Waals surface area contributed by atoms with E-state index in [1.54, 1.807) is 18.0 Å². The highest BCUT2D eigenvalue weighted by atomic mass is 35.5. The van der Waals surface area contributed by atoms with Crippen molar-refractivity contribution in [1.82, 2.24) is 14.9 Å². The van der Waals surface area contributed by atoms with Gasteiger partial charge in [-0.25, -0.2) is 4.98 Å². The molecule has 1 saturated carbocycles. The molecular formula is C23H29ClN6O4. The second-order valence-electron chi connectivity index (χ2n) is 8.66. The molecule has 4 rings (SSSR count). The van der Waals surface area contributed by atoms with Gasteiger partial charge < -0.3 is 30.6 Å². The van der Waals surface area contributed by atoms with Gasteiger partial charge >= 0.3 is 0 Å². The van der Waals surface area contributed by atoms with Crippen molar-refractivity contribution < 1.29 is 19.1 Å². The molecule has 2 aromatic rings. The van der Waals surface area contributed by atoms with Crippen molar-refractivity contribution in [1.29, 1.82) is 0 Å². The number of nitrogens with one attached hydrogen (secondary N) is 2. The highest BCUT2D eigenvalue weighted by molar-refractivity contribution is 6.33. The fraction of sp³-hybridized carbons (Fsp3) is 0.478. The summed E-state index contributed by atoms with van der Waals surface area (Å²) in [6.07, 6.45) is 3.90. The summed E-state index contributed by atoms with van der Waals surface area (Å²) in [6.45, 7) is 2.94. The molecule has 0 bridgehead atoms. The number of H-pyrrole nitrogens is 1. The van der Waals surface area contributed by atoms with E-state index < -0.39 is 5.91 Å². The molecule has 4 N–H and O–H groups in total. The number of nitrogens with two attached hydrogens (primary N) is 1. The van der Waals surface area contributed by atoms with Gasteiger partial charge in [0.05, 0.1) is 30.3 Å². The number of carbonyl (C=O) groups excluding carboxylic acids is 3. The molecule has 34 heavy (non-hydrogen) atoms. The predicted octanol–water partition coefficient (Wildman–Crippen LogP) is 2.27. The lowest BCUT2D eigenvalue weighted by atomic mass is 9.84. The van der Waals surface area contributed by atoms with Crippen LogP contribution >= 0.6 is 11.6 Å². The number of primary amides is 1. The molecule has 2 heterocycles. The molecule has 0 spiro atoms. The molecule has 0 radical (unpaired) electrons. The summed E-state index contributed by atoms with van der Waals surface area (Å²) < 4.78 is 5.41. The van der Waals surface area contributed by atoms with E-state index in [9.17, 15) is 14.4 Å². The summed E-state index contributed by atoms with van der Waals surface area (Å²) in [5.74, 6) is -1.34. The molecule has 0 atom stereocenters. The molecule has 2 fully saturated rings. The van der Waals surface area contributed by atoms with E-state index in [-0.39, 0.29) is 35.2 Å². The van der Waals surface area contributed by atoms with E-state index in [0.717, 1.165) is 18.8 Å². The maximum atomic E-state index is 13.0. The van der Waals surface area contributed by atoms with Crippen LogP contribution in [0, 0.1) is 5.92 Å². The van der Waals surface area contributed by atoms with E-state index >= 15 is 0 Å². The van der Waals surface area contributed by atoms with Crippen molar-refractivity contribution in [2.45, 2.75) is 31.7 Å². The Balaban J connectivity index is 1.34. The molecule has 0 unspecified atom stereocenters. The Kier molecular flexibility index (Phi) is 7.38. The highest BCUT2D eigenvalue weighted by Gasteiger charge is 2.32. The SMILES string of the molecule is CN(C(=O)c1[nH]cnc1C(N)=O)C1CCC(C(=O)Nc2cc(N3CCOCC3)ccc2Cl)CC1. The fourth-order valence-electron chi connectivity index (χ4n) is 4.57. The first kappa shape index (κ1) is 24.0. The molecule has 1 aliphatic carbocycles. The summed E-state index contributed by atoms with van der Waals surface area (Å²) in [5, 5.41) is 3.49. The van der Waals surface area contributed by atoms with Gasteiger partial charge in [0.2, 0.25) is 5.91 Å². The summed E-state index contributed by atoms with van der Waals surface area (Å²) in [7, 11) is 1.69. The number of halogens is 1. The summed E-state index contributed by atoms with van der Waals surface area (Å²) in [5.41, 5.74) is 6.92. The number of imidazole rings is 1. The highest BCUT2D eigenvalue weighted by Crippen LogP contribution is 2.32. The van der Waals surface area contributed by atoms with Gasteiger partial charge in [-0.05, 0) is 43.9 Å². The maximum Gasteiger partial charge on any atom is 0.272 e. The number of ether oxygens (including phenoxy) is 1. The van der Waals surface area contributed by atoms with Crippen LogP contribution < -0.4 is 16.0 Å². The van der Waals surface area contributed by atoms with Crippen molar-refractivity contribution in [2.24, 2.45) is 11.7 Å². The zero-order valence-corrected chi connectivity index (χ0v) is 19.8. The van der Waals surface area contributed by atoms with Gasteiger partial charge in [-0.3, -0.25) is 14.4 Å². The number of amides is 3. The number of hydrogen-bond acceptors (Lipinski definition) is 6. The summed E-state index contributed by atoms with van der Waals surface area (Å²) in [4.78, 5) is 47.6. The Morgan fingerprint density at radius 1 is 1.21 bits per heavy atom. The number of rotatable bonds is 6. The largest absolute Gasteiger partial charge is 0.378 e. The summed E-state index contributed by atoms with van der Waals surface area (Å²) >= 11 is 6.36. The predicted molar refractivity (Wildman–Crippen MR) is 128 cm³/mol. The standard InChI is InChI=1S/C23H29ClN6O4/c1-29(23(33)20-19(21(25)31)26-13-27-20)15-4-2-14(3-5-15)22(32)28-18-12-16(6-7-17(18)24)30-8-10-34-11-9-30/h6-7,12-15H,2-5,8-11H2,1H3,(H2,25,31)(H,26,27)(H,28,32). The Hall–Kier alpha value is -3.11. The van der Waals surface area contributed by atoms with E-state index in [1.807, 2.05) is 12.1 Å². The number of carbonyl (C=O) groups is 3. The normalized spacial score (nSPS) is 20.6. The minimum absolute atomic E-state index is 0.0474. The first-order valence-corrected chi connectivity index (χ1v) is 11.8. The van der Waals surface area contributed by atoms with Crippen LogP contribution in [0.2, 0.25) is 5.02 Å². The molecule has 1 aromatic heterocycles. The smallest absolute Gasteiger partial charge is 0.272 e. The third-order valence-electron chi connectivity index (χ3n) is 6.61. The van der Waals surface area contributed by atoms with Gasteiger partial charge in [-0.15, -0.1) is 0 Å². The lowest BCUT2D eigenvalue weighted by Crippen LogP contribution is -2.41. The molecular weight excluding hydrogens is 460 g/mol. The fourth-order valence-corrected chi connectivity index (χ4v) is 4.74. The van der Waals surface area contributed by atoms with Crippen LogP contribution in [-0.2, 0) is 9.53 Å². The van der Waals surface area contributed by atoms with Gasteiger partial charge in [0.1, 0.15) is 5.69 Å². The van der Waals surface area contributed by atoms with Crippen molar-refractivity contribution in [3.05, 3.63) is 40.9 Å². The molecule has 10 nitrogen and oxygen atoms in total. The molecule has 3 amide bonds. The first-order chi connectivity index (χ1) is 16.3. The zero-order valence-electron chi connectivity index (χ0n) is 19.1. The van der Waals surface area contributed by atoms with Gasteiger partial charge in [0.15, 0.2) is 5.69 Å². The third kappa shape index (κ3) is 5.18. The van der Waals surface area contributed by atoms with Crippen LogP contribution in [0.1, 0.15) is 46.7 Å². The van der Waals surface area contributed by atoms with Gasteiger partial charge in [-0.1, -0.05) is 11.6 Å². The van der Waals surface area contributed by atoms with Crippen LogP contribution in [0.15, 0.2) is 24.5 Å². The average molecular weight is 489 g/mol. The minimum Gasteiger partial charge on any atom is -0.378 e. The number of aromatic amines is 1. The second kappa shape index (κ2) is 10.4. The molecule has 11 heteroatoms. The van der Waals surface area contributed by atoms with Crippen molar-refractivity contribution in [3.63, 3.8) is 0 Å². The van der Waals surface area contributed by atoms with E-state index in [0.29, 0.717) is 49.6 Å². The van der Waals surface area contributed by atoms with Crippen LogP contribution in [0.25, 0.3) is 0 Å². The van der Waals surface area contributed by atoms with Gasteiger partial charge in [0, 0.05) is 37.8 Å². The number of aromatic nitrogens is 2. The van der Waals surface area contributed by atoms with Crippen LogP contribution in [0.4, 0.5) is 11.4 Å². The molecule has 182 valence electrons. The minimum atomic E-state index is -0.755. The Morgan fingerprint density at radius 2 is 1.91 bits per heavy atom. The number of anilines is 2. The maximum absolute atomic E-state index is 13.0. The molecule has 2 aliphatic rings. The lowest BCUT2D eigenvalue weighted by Gasteiger charge is -2.34. The first-order valence-electron chi connectivity index (χ1n) is 11.4. The lowest BCUT2D eigenvalue weighted by molar-refractivity contribution is -0.121. The average Bonchev–Trinajstić information content (AvgIpc) is 3.35. The second-order valence-corrected chi connectivity index (χ2v) is 9.07. The summed E-state index contributed by atoms with van der Waals surface area (Å²) in [6, 6.07) is 5.61. The molecule has 1 saturated heterocycles. The number of nitrogens with zero attached hydrogens (tertiary/aromatic N) is 3. The van der Waals surface area contributed by atoms with Crippen LogP contribution in [0.3, 0.4) is 0 Å². The Bertz CT molecular complexity index is 1060. The van der Waals surface area contributed by atoms with Crippen LogP contribution in [0.5, 0.6) is 0 Å². The van der Waals surface area contributed by atoms with E-state index in [4.69, 9.17) is 22.1 Å². The Morgan fingerprint density at radius 3 is 2.59 bits per heavy atom. The molecule has 1 aliphatic heterocycles. The number of morpholine rings is 1. The van der Waals surface area contributed by atoms with Gasteiger partial charge in [0.25, 0.3) is 11.8 Å². The van der Waals surface area contributed by atoms with Gasteiger partial charge in [-0.2, -0.15) is 0 Å². The quantitative estimate of drug-likeness (QED) is 0.571. The number of benzene rings is 1. The van der Waals surface area contributed by atoms with Crippen molar-refractivity contribution in [2.75, 3.05) is 43.6 Å². The monoisotopic (exact) mass is 488 g/mol.